The van der Waals surface area contributed by atoms with Crippen molar-refractivity contribution in [1.29, 1.82) is 0 Å². The second-order valence-electron chi connectivity index (χ2n) is 5.93. The van der Waals surface area contributed by atoms with Crippen molar-refractivity contribution >= 4 is 43.2 Å². The highest BCUT2D eigenvalue weighted by Crippen LogP contribution is 2.29. The van der Waals surface area contributed by atoms with Crippen LogP contribution in [0, 0.1) is 5.82 Å². The van der Waals surface area contributed by atoms with Crippen LogP contribution in [0.25, 0.3) is 0 Å². The molecule has 0 N–H and O–H groups in total. The van der Waals surface area contributed by atoms with Crippen LogP contribution in [0.5, 0.6) is 0 Å². The van der Waals surface area contributed by atoms with Crippen molar-refractivity contribution in [3.63, 3.8) is 0 Å². The quantitative estimate of drug-likeness (QED) is 0.688. The largest absolute Gasteiger partial charge is 0.340 e. The first-order valence-electron chi connectivity index (χ1n) is 8.14. The molecule has 1 aliphatic heterocycles. The number of sulfonamides is 1. The van der Waals surface area contributed by atoms with Crippen LogP contribution in [0.3, 0.4) is 0 Å². The van der Waals surface area contributed by atoms with Gasteiger partial charge < -0.3 is 4.90 Å². The predicted octanol–water partition coefficient (Wildman–Crippen LogP) is 3.12. The smallest absolute Gasteiger partial charge is 0.252 e. The van der Waals surface area contributed by atoms with E-state index >= 15 is 0 Å². The maximum absolute atomic E-state index is 13.6. The Morgan fingerprint density at radius 3 is 2.42 bits per heavy atom. The first kappa shape index (κ1) is 19.5. The first-order valence-corrected chi connectivity index (χ1v) is 11.2. The van der Waals surface area contributed by atoms with Crippen molar-refractivity contribution in [3.05, 3.63) is 51.6 Å². The van der Waals surface area contributed by atoms with Crippen LogP contribution in [0.4, 0.5) is 4.39 Å². The highest BCUT2D eigenvalue weighted by atomic mass is 79.9. The van der Waals surface area contributed by atoms with Gasteiger partial charge in [-0.2, -0.15) is 4.31 Å². The van der Waals surface area contributed by atoms with E-state index in [9.17, 15) is 17.6 Å². The van der Waals surface area contributed by atoms with E-state index in [-0.39, 0.29) is 31.2 Å². The Morgan fingerprint density at radius 1 is 1.12 bits per heavy atom. The van der Waals surface area contributed by atoms with Crippen LogP contribution in [-0.4, -0.2) is 49.7 Å². The molecule has 0 aliphatic carbocycles. The van der Waals surface area contributed by atoms with Gasteiger partial charge in [-0.1, -0.05) is 18.2 Å². The number of benzene rings is 1. The van der Waals surface area contributed by atoms with Crippen molar-refractivity contribution in [2.75, 3.05) is 26.2 Å². The molecule has 140 valence electrons. The average Bonchev–Trinajstić information content (AvgIpc) is 3.08. The molecule has 0 bridgehead atoms. The molecular weight excluding hydrogens is 443 g/mol. The van der Waals surface area contributed by atoms with Gasteiger partial charge in [-0.25, -0.2) is 12.8 Å². The maximum Gasteiger partial charge on any atom is 0.252 e. The van der Waals surface area contributed by atoms with E-state index in [0.29, 0.717) is 29.3 Å². The Labute approximate surface area is 164 Å². The monoisotopic (exact) mass is 460 g/mol. The first-order chi connectivity index (χ1) is 12.4. The van der Waals surface area contributed by atoms with E-state index in [1.165, 1.54) is 21.7 Å². The molecular formula is C17H18BrFN2O3S2. The fourth-order valence-corrected chi connectivity index (χ4v) is 6.43. The van der Waals surface area contributed by atoms with Gasteiger partial charge in [0.1, 0.15) is 10.0 Å². The van der Waals surface area contributed by atoms with Crippen LogP contribution in [-0.2, 0) is 21.2 Å². The van der Waals surface area contributed by atoms with Crippen LogP contribution in [0.2, 0.25) is 0 Å². The molecule has 0 radical (unpaired) electrons. The van der Waals surface area contributed by atoms with Crippen LogP contribution < -0.4 is 0 Å². The van der Waals surface area contributed by atoms with E-state index in [2.05, 4.69) is 15.9 Å². The van der Waals surface area contributed by atoms with Gasteiger partial charge in [-0.05, 0) is 46.1 Å². The SMILES string of the molecule is O=C(CCc1ccccc1F)N1CCN(S(=O)(=O)c2ccc(Br)s2)CC1. The van der Waals surface area contributed by atoms with E-state index in [1.807, 2.05) is 0 Å². The van der Waals surface area contributed by atoms with Gasteiger partial charge in [0.25, 0.3) is 10.0 Å². The summed E-state index contributed by atoms with van der Waals surface area (Å²) in [5.41, 5.74) is 0.519. The molecule has 1 aromatic heterocycles. The molecule has 1 fully saturated rings. The second kappa shape index (κ2) is 8.16. The summed E-state index contributed by atoms with van der Waals surface area (Å²) in [7, 11) is -3.52. The number of carbonyl (C=O) groups is 1. The van der Waals surface area contributed by atoms with Crippen molar-refractivity contribution in [1.82, 2.24) is 9.21 Å². The average molecular weight is 461 g/mol. The summed E-state index contributed by atoms with van der Waals surface area (Å²) in [5.74, 6) is -0.387. The fourth-order valence-electron chi connectivity index (χ4n) is 2.84. The zero-order valence-corrected chi connectivity index (χ0v) is 17.1. The Morgan fingerprint density at radius 2 is 1.81 bits per heavy atom. The summed E-state index contributed by atoms with van der Waals surface area (Å²) in [6.07, 6.45) is 0.554. The van der Waals surface area contributed by atoms with E-state index in [0.717, 1.165) is 3.79 Å². The molecule has 3 rings (SSSR count). The molecule has 1 aliphatic rings. The number of nitrogens with zero attached hydrogens (tertiary/aromatic N) is 2. The van der Waals surface area contributed by atoms with Crippen molar-refractivity contribution in [2.45, 2.75) is 17.1 Å². The predicted molar refractivity (Wildman–Crippen MR) is 102 cm³/mol. The number of piperazine rings is 1. The number of carbonyl (C=O) groups excluding carboxylic acids is 1. The molecule has 9 heteroatoms. The Balaban J connectivity index is 1.55. The summed E-state index contributed by atoms with van der Waals surface area (Å²) in [6.45, 7) is 1.23. The summed E-state index contributed by atoms with van der Waals surface area (Å²) in [5, 5.41) is 0. The Hall–Kier alpha value is -1.29. The molecule has 1 saturated heterocycles. The summed E-state index contributed by atoms with van der Waals surface area (Å²) in [4.78, 5) is 14.0. The fraction of sp³-hybridized carbons (Fsp3) is 0.353. The number of aryl methyl sites for hydroxylation is 1. The molecule has 26 heavy (non-hydrogen) atoms. The third kappa shape index (κ3) is 4.33. The molecule has 5 nitrogen and oxygen atoms in total. The molecule has 0 unspecified atom stereocenters. The molecule has 0 spiro atoms. The van der Waals surface area contributed by atoms with Crippen LogP contribution in [0.1, 0.15) is 12.0 Å². The van der Waals surface area contributed by atoms with Crippen molar-refractivity contribution in [3.8, 4) is 0 Å². The van der Waals surface area contributed by atoms with Crippen LogP contribution >= 0.6 is 27.3 Å². The lowest BCUT2D eigenvalue weighted by Crippen LogP contribution is -2.50. The third-order valence-corrected chi connectivity index (χ3v) is 8.29. The van der Waals surface area contributed by atoms with Crippen LogP contribution in [0.15, 0.2) is 44.4 Å². The Kier molecular flexibility index (Phi) is 6.11. The Bertz CT molecular complexity index is 893. The van der Waals surface area contributed by atoms with Gasteiger partial charge >= 0.3 is 0 Å². The van der Waals surface area contributed by atoms with Gasteiger partial charge in [0.2, 0.25) is 5.91 Å². The highest BCUT2D eigenvalue weighted by molar-refractivity contribution is 9.11. The third-order valence-electron chi connectivity index (χ3n) is 4.30. The van der Waals surface area contributed by atoms with Gasteiger partial charge in [-0.3, -0.25) is 4.79 Å². The van der Waals surface area contributed by atoms with E-state index < -0.39 is 10.0 Å². The minimum atomic E-state index is -3.52. The van der Waals surface area contributed by atoms with Gasteiger partial charge in [0.15, 0.2) is 0 Å². The minimum Gasteiger partial charge on any atom is -0.340 e. The second-order valence-corrected chi connectivity index (χ2v) is 10.6. The summed E-state index contributed by atoms with van der Waals surface area (Å²) >= 11 is 4.45. The lowest BCUT2D eigenvalue weighted by molar-refractivity contribution is -0.132. The standard InChI is InChI=1S/C17H18BrFN2O3S2/c18-15-6-8-17(25-15)26(23,24)21-11-9-20(10-12-21)16(22)7-5-13-3-1-2-4-14(13)19/h1-4,6,8H,5,7,9-12H2. The van der Waals surface area contributed by atoms with Gasteiger partial charge in [0, 0.05) is 32.6 Å². The summed E-state index contributed by atoms with van der Waals surface area (Å²) in [6, 6.07) is 9.70. The van der Waals surface area contributed by atoms with E-state index in [4.69, 9.17) is 0 Å². The van der Waals surface area contributed by atoms with Crippen molar-refractivity contribution < 1.29 is 17.6 Å². The number of hydrogen-bond donors (Lipinski definition) is 0. The lowest BCUT2D eigenvalue weighted by Gasteiger charge is -2.33. The zero-order chi connectivity index (χ0) is 18.7. The number of hydrogen-bond acceptors (Lipinski definition) is 4. The topological polar surface area (TPSA) is 57.7 Å². The van der Waals surface area contributed by atoms with Crippen molar-refractivity contribution in [2.24, 2.45) is 0 Å². The minimum absolute atomic E-state index is 0.0795. The molecule has 1 aromatic carbocycles. The van der Waals surface area contributed by atoms with Gasteiger partial charge in [0.05, 0.1) is 3.79 Å². The molecule has 0 saturated carbocycles. The summed E-state index contributed by atoms with van der Waals surface area (Å²) < 4.78 is 41.3. The lowest BCUT2D eigenvalue weighted by atomic mass is 10.1. The maximum atomic E-state index is 13.6. The normalized spacial score (nSPS) is 16.0. The number of halogens is 2. The number of thiophene rings is 1. The number of amides is 1. The molecule has 1 amide bonds. The molecule has 2 aromatic rings. The molecule has 2 heterocycles. The zero-order valence-electron chi connectivity index (χ0n) is 13.9. The van der Waals surface area contributed by atoms with Gasteiger partial charge in [-0.15, -0.1) is 11.3 Å². The number of rotatable bonds is 5. The highest BCUT2D eigenvalue weighted by Gasteiger charge is 2.30. The van der Waals surface area contributed by atoms with E-state index in [1.54, 1.807) is 35.2 Å². The molecule has 0 atom stereocenters.